The van der Waals surface area contributed by atoms with Gasteiger partial charge in [0, 0.05) is 12.1 Å². The fraction of sp³-hybridized carbons (Fsp3) is 0.200. The smallest absolute Gasteiger partial charge is 0.277 e. The Morgan fingerprint density at radius 2 is 1.43 bits per heavy atom. The highest BCUT2D eigenvalue weighted by Gasteiger charge is 2.24. The first-order chi connectivity index (χ1) is 11.0. The molecule has 23 heavy (non-hydrogen) atoms. The van der Waals surface area contributed by atoms with Crippen LogP contribution in [0, 0.1) is 0 Å². The van der Waals surface area contributed by atoms with Crippen molar-refractivity contribution >= 4 is 15.7 Å². The van der Waals surface area contributed by atoms with Gasteiger partial charge in [0.15, 0.2) is 11.5 Å². The molecule has 0 bridgehead atoms. The second-order valence-electron chi connectivity index (χ2n) is 4.50. The predicted octanol–water partition coefficient (Wildman–Crippen LogP) is 1.78. The molecule has 0 fully saturated rings. The number of hydrogen-bond donors (Lipinski definition) is 1. The average Bonchev–Trinajstić information content (AvgIpc) is 2.60. The number of hydrazine groups is 1. The van der Waals surface area contributed by atoms with E-state index in [4.69, 9.17) is 20.1 Å². The molecule has 0 atom stereocenters. The van der Waals surface area contributed by atoms with E-state index in [-0.39, 0.29) is 10.6 Å². The molecule has 0 aliphatic carbocycles. The number of nitrogens with two attached hydrogens (primary N) is 1. The maximum atomic E-state index is 12.6. The molecule has 0 radical (unpaired) electrons. The first kappa shape index (κ1) is 16.9. The van der Waals surface area contributed by atoms with Crippen LogP contribution in [0.2, 0.25) is 0 Å². The van der Waals surface area contributed by atoms with E-state index in [0.29, 0.717) is 21.7 Å². The van der Waals surface area contributed by atoms with Crippen molar-refractivity contribution in [2.24, 2.45) is 5.84 Å². The minimum atomic E-state index is -3.90. The van der Waals surface area contributed by atoms with Crippen LogP contribution in [0.15, 0.2) is 47.4 Å². The van der Waals surface area contributed by atoms with E-state index in [2.05, 4.69) is 0 Å². The SMILES string of the molecule is COc1cc(N(N)S(=O)(=O)c2ccccc2)cc(OC)c1OC. The Bertz CT molecular complexity index is 753. The van der Waals surface area contributed by atoms with Crippen LogP contribution in [-0.4, -0.2) is 29.7 Å². The molecule has 8 heteroatoms. The summed E-state index contributed by atoms with van der Waals surface area (Å²) in [5, 5.41) is 0. The van der Waals surface area contributed by atoms with Crippen molar-refractivity contribution in [3.05, 3.63) is 42.5 Å². The standard InChI is InChI=1S/C15H18N2O5S/c1-20-13-9-11(10-14(21-2)15(13)22-3)17(16)23(18,19)12-7-5-4-6-8-12/h4-10H,16H2,1-3H3. The molecule has 0 aliphatic heterocycles. The van der Waals surface area contributed by atoms with Crippen molar-refractivity contribution in [3.63, 3.8) is 0 Å². The Morgan fingerprint density at radius 3 is 1.87 bits per heavy atom. The highest BCUT2D eigenvalue weighted by molar-refractivity contribution is 7.92. The number of anilines is 1. The molecule has 2 rings (SSSR count). The summed E-state index contributed by atoms with van der Waals surface area (Å²) in [6, 6.07) is 10.8. The van der Waals surface area contributed by atoms with Gasteiger partial charge < -0.3 is 14.2 Å². The summed E-state index contributed by atoms with van der Waals surface area (Å²) in [4.78, 5) is 0.0799. The van der Waals surface area contributed by atoms with Gasteiger partial charge in [0.05, 0.1) is 31.9 Å². The van der Waals surface area contributed by atoms with Gasteiger partial charge in [-0.2, -0.15) is 8.42 Å². The Kier molecular flexibility index (Phi) is 4.97. The monoisotopic (exact) mass is 338 g/mol. The van der Waals surface area contributed by atoms with Gasteiger partial charge in [-0.15, -0.1) is 0 Å². The lowest BCUT2D eigenvalue weighted by Gasteiger charge is -2.21. The normalized spacial score (nSPS) is 11.0. The largest absolute Gasteiger partial charge is 0.493 e. The fourth-order valence-electron chi connectivity index (χ4n) is 2.04. The van der Waals surface area contributed by atoms with Gasteiger partial charge >= 0.3 is 0 Å². The number of nitrogens with zero attached hydrogens (tertiary/aromatic N) is 1. The van der Waals surface area contributed by atoms with Gasteiger partial charge in [-0.05, 0) is 12.1 Å². The maximum absolute atomic E-state index is 12.6. The maximum Gasteiger partial charge on any atom is 0.277 e. The van der Waals surface area contributed by atoms with Gasteiger partial charge in [-0.25, -0.2) is 10.3 Å². The third kappa shape index (κ3) is 3.17. The lowest BCUT2D eigenvalue weighted by molar-refractivity contribution is 0.324. The summed E-state index contributed by atoms with van der Waals surface area (Å²) < 4.78 is 41.4. The summed E-state index contributed by atoms with van der Waals surface area (Å²) in [6.07, 6.45) is 0. The molecule has 2 aromatic carbocycles. The van der Waals surface area contributed by atoms with E-state index < -0.39 is 10.0 Å². The number of benzene rings is 2. The van der Waals surface area contributed by atoms with Gasteiger partial charge in [0.2, 0.25) is 5.75 Å². The molecule has 2 aromatic rings. The summed E-state index contributed by atoms with van der Waals surface area (Å²) in [6.45, 7) is 0. The number of hydrogen-bond acceptors (Lipinski definition) is 6. The van der Waals surface area contributed by atoms with E-state index >= 15 is 0 Å². The topological polar surface area (TPSA) is 91.1 Å². The zero-order valence-corrected chi connectivity index (χ0v) is 13.8. The van der Waals surface area contributed by atoms with E-state index in [1.54, 1.807) is 18.2 Å². The lowest BCUT2D eigenvalue weighted by Crippen LogP contribution is -2.37. The van der Waals surface area contributed by atoms with Crippen LogP contribution >= 0.6 is 0 Å². The Balaban J connectivity index is 2.53. The minimum Gasteiger partial charge on any atom is -0.493 e. The third-order valence-electron chi connectivity index (χ3n) is 3.20. The number of sulfonamides is 1. The Morgan fingerprint density at radius 1 is 0.913 bits per heavy atom. The molecule has 0 spiro atoms. The van der Waals surface area contributed by atoms with Crippen molar-refractivity contribution in [2.75, 3.05) is 25.7 Å². The third-order valence-corrected chi connectivity index (χ3v) is 4.80. The Hall–Kier alpha value is -2.45. The highest BCUT2D eigenvalue weighted by atomic mass is 32.2. The quantitative estimate of drug-likeness (QED) is 0.638. The zero-order valence-electron chi connectivity index (χ0n) is 13.0. The van der Waals surface area contributed by atoms with Crippen LogP contribution in [-0.2, 0) is 10.0 Å². The lowest BCUT2D eigenvalue weighted by atomic mass is 10.2. The molecule has 124 valence electrons. The summed E-state index contributed by atoms with van der Waals surface area (Å²) in [5.74, 6) is 6.80. The van der Waals surface area contributed by atoms with Crippen LogP contribution in [0.5, 0.6) is 17.2 Å². The van der Waals surface area contributed by atoms with Gasteiger partial charge in [0.25, 0.3) is 10.0 Å². The van der Waals surface area contributed by atoms with E-state index in [9.17, 15) is 8.42 Å². The number of methoxy groups -OCH3 is 3. The van der Waals surface area contributed by atoms with Crippen LogP contribution in [0.3, 0.4) is 0 Å². The Labute approximate surface area is 135 Å². The minimum absolute atomic E-state index is 0.0799. The molecule has 0 aromatic heterocycles. The van der Waals surface area contributed by atoms with Gasteiger partial charge in [-0.1, -0.05) is 18.2 Å². The number of ether oxygens (including phenoxy) is 3. The van der Waals surface area contributed by atoms with Crippen LogP contribution in [0.25, 0.3) is 0 Å². The second-order valence-corrected chi connectivity index (χ2v) is 6.31. The molecule has 0 unspecified atom stereocenters. The number of rotatable bonds is 6. The molecule has 7 nitrogen and oxygen atoms in total. The first-order valence-electron chi connectivity index (χ1n) is 6.60. The second kappa shape index (κ2) is 6.76. The van der Waals surface area contributed by atoms with E-state index in [1.807, 2.05) is 0 Å². The van der Waals surface area contributed by atoms with E-state index in [1.165, 1.54) is 45.6 Å². The fourth-order valence-corrected chi connectivity index (χ4v) is 3.15. The molecule has 0 amide bonds. The molecule has 0 heterocycles. The van der Waals surface area contributed by atoms with Crippen molar-refractivity contribution in [1.29, 1.82) is 0 Å². The molecular formula is C15H18N2O5S. The summed E-state index contributed by atoms with van der Waals surface area (Å²) in [5.41, 5.74) is 0.184. The van der Waals surface area contributed by atoms with Crippen molar-refractivity contribution < 1.29 is 22.6 Å². The predicted molar refractivity (Wildman–Crippen MR) is 86.4 cm³/mol. The van der Waals surface area contributed by atoms with Crippen molar-refractivity contribution in [1.82, 2.24) is 0 Å². The highest BCUT2D eigenvalue weighted by Crippen LogP contribution is 2.41. The average molecular weight is 338 g/mol. The van der Waals surface area contributed by atoms with Crippen LogP contribution in [0.4, 0.5) is 5.69 Å². The molecular weight excluding hydrogens is 320 g/mol. The van der Waals surface area contributed by atoms with Crippen molar-refractivity contribution in [2.45, 2.75) is 4.90 Å². The van der Waals surface area contributed by atoms with Crippen LogP contribution in [0.1, 0.15) is 0 Å². The molecule has 2 N–H and O–H groups in total. The molecule has 0 saturated carbocycles. The first-order valence-corrected chi connectivity index (χ1v) is 8.04. The van der Waals surface area contributed by atoms with Crippen molar-refractivity contribution in [3.8, 4) is 17.2 Å². The van der Waals surface area contributed by atoms with Gasteiger partial charge in [-0.3, -0.25) is 0 Å². The molecule has 0 aliphatic rings. The van der Waals surface area contributed by atoms with E-state index in [0.717, 1.165) is 0 Å². The van der Waals surface area contributed by atoms with Crippen LogP contribution < -0.4 is 24.5 Å². The zero-order chi connectivity index (χ0) is 17.0. The van der Waals surface area contributed by atoms with Gasteiger partial charge in [0.1, 0.15) is 0 Å². The molecule has 0 saturated heterocycles. The summed E-state index contributed by atoms with van der Waals surface area (Å²) in [7, 11) is 0.433. The summed E-state index contributed by atoms with van der Waals surface area (Å²) >= 11 is 0.